The van der Waals surface area contributed by atoms with Crippen LogP contribution in [0.5, 0.6) is 0 Å². The predicted octanol–water partition coefficient (Wildman–Crippen LogP) is 0.185. The summed E-state index contributed by atoms with van der Waals surface area (Å²) in [6.07, 6.45) is 2.27. The zero-order valence-electron chi connectivity index (χ0n) is 10.3. The molecule has 1 amide bonds. The third kappa shape index (κ3) is 3.32. The average Bonchev–Trinajstić information content (AvgIpc) is 2.39. The van der Waals surface area contributed by atoms with Gasteiger partial charge in [-0.2, -0.15) is 0 Å². The molecule has 2 aliphatic rings. The van der Waals surface area contributed by atoms with Crippen LogP contribution in [0.2, 0.25) is 0 Å². The smallest absolute Gasteiger partial charge is 0.294 e. The van der Waals surface area contributed by atoms with Crippen molar-refractivity contribution in [3.05, 3.63) is 10.1 Å². The zero-order chi connectivity index (χ0) is 13.0. The van der Waals surface area contributed by atoms with Gasteiger partial charge in [0.25, 0.3) is 5.09 Å². The second-order valence-electron chi connectivity index (χ2n) is 4.88. The minimum absolute atomic E-state index is 0.0229. The molecule has 2 rings (SSSR count). The number of hydrogen-bond acceptors (Lipinski definition) is 5. The van der Waals surface area contributed by atoms with E-state index < -0.39 is 5.09 Å². The van der Waals surface area contributed by atoms with Crippen molar-refractivity contribution in [2.45, 2.75) is 31.8 Å². The van der Waals surface area contributed by atoms with E-state index in [0.29, 0.717) is 25.7 Å². The quantitative estimate of drug-likeness (QED) is 0.576. The van der Waals surface area contributed by atoms with Crippen LogP contribution in [0.25, 0.3) is 0 Å². The van der Waals surface area contributed by atoms with Crippen LogP contribution in [0.4, 0.5) is 0 Å². The molecule has 102 valence electrons. The first-order valence-electron chi connectivity index (χ1n) is 6.47. The van der Waals surface area contributed by atoms with Gasteiger partial charge in [0, 0.05) is 32.1 Å². The standard InChI is InChI=1S/C11H19N3O4/c15-11(13-7-5-12-6-8-13)9-1-3-10(4-2-9)18-14(16)17/h9-10,12H,1-8H2. The number of amides is 1. The van der Waals surface area contributed by atoms with E-state index in [1.54, 1.807) is 0 Å². The van der Waals surface area contributed by atoms with Crippen molar-refractivity contribution in [1.29, 1.82) is 0 Å². The second kappa shape index (κ2) is 5.99. The Hall–Kier alpha value is -1.37. The van der Waals surface area contributed by atoms with Crippen LogP contribution in [0.1, 0.15) is 25.7 Å². The molecular formula is C11H19N3O4. The van der Waals surface area contributed by atoms with Gasteiger partial charge in [0.2, 0.25) is 5.91 Å². The highest BCUT2D eigenvalue weighted by Crippen LogP contribution is 2.27. The van der Waals surface area contributed by atoms with Crippen LogP contribution in [-0.2, 0) is 9.63 Å². The maximum atomic E-state index is 12.2. The van der Waals surface area contributed by atoms with Crippen molar-refractivity contribution in [2.24, 2.45) is 5.92 Å². The van der Waals surface area contributed by atoms with Crippen LogP contribution >= 0.6 is 0 Å². The van der Waals surface area contributed by atoms with Crippen LogP contribution in [0.3, 0.4) is 0 Å². The zero-order valence-corrected chi connectivity index (χ0v) is 10.3. The second-order valence-corrected chi connectivity index (χ2v) is 4.88. The van der Waals surface area contributed by atoms with Crippen molar-refractivity contribution in [3.63, 3.8) is 0 Å². The topological polar surface area (TPSA) is 84.7 Å². The Morgan fingerprint density at radius 1 is 1.22 bits per heavy atom. The number of carbonyl (C=O) groups is 1. The van der Waals surface area contributed by atoms with E-state index >= 15 is 0 Å². The minimum Gasteiger partial charge on any atom is -0.340 e. The molecule has 18 heavy (non-hydrogen) atoms. The lowest BCUT2D eigenvalue weighted by Crippen LogP contribution is -2.49. The van der Waals surface area contributed by atoms with E-state index in [4.69, 9.17) is 0 Å². The molecule has 7 nitrogen and oxygen atoms in total. The molecule has 1 aliphatic heterocycles. The molecule has 1 heterocycles. The summed E-state index contributed by atoms with van der Waals surface area (Å²) in [6.45, 7) is 3.24. The lowest BCUT2D eigenvalue weighted by Gasteiger charge is -2.33. The van der Waals surface area contributed by atoms with Gasteiger partial charge in [-0.05, 0) is 25.7 Å². The van der Waals surface area contributed by atoms with E-state index in [2.05, 4.69) is 10.2 Å². The molecule has 0 atom stereocenters. The Morgan fingerprint density at radius 2 is 1.83 bits per heavy atom. The molecule has 7 heteroatoms. The molecule has 2 fully saturated rings. The third-order valence-corrected chi connectivity index (χ3v) is 3.69. The molecule has 0 spiro atoms. The fourth-order valence-corrected chi connectivity index (χ4v) is 2.68. The molecular weight excluding hydrogens is 238 g/mol. The molecule has 0 aromatic carbocycles. The SMILES string of the molecule is O=C(C1CCC(O[N+](=O)[O-])CC1)N1CCNCC1. The van der Waals surface area contributed by atoms with Gasteiger partial charge in [-0.25, -0.2) is 0 Å². The monoisotopic (exact) mass is 257 g/mol. The number of piperazine rings is 1. The summed E-state index contributed by atoms with van der Waals surface area (Å²) in [6, 6.07) is 0. The summed E-state index contributed by atoms with van der Waals surface area (Å²) in [4.78, 5) is 28.9. The van der Waals surface area contributed by atoms with Crippen LogP contribution in [0.15, 0.2) is 0 Å². The first-order valence-corrected chi connectivity index (χ1v) is 6.47. The van der Waals surface area contributed by atoms with E-state index in [9.17, 15) is 14.9 Å². The molecule has 0 aromatic heterocycles. The van der Waals surface area contributed by atoms with Gasteiger partial charge in [0.15, 0.2) is 0 Å². The van der Waals surface area contributed by atoms with Crippen LogP contribution in [0, 0.1) is 16.0 Å². The molecule has 1 saturated heterocycles. The first-order chi connectivity index (χ1) is 8.66. The molecule has 1 N–H and O–H groups in total. The highest BCUT2D eigenvalue weighted by Gasteiger charge is 2.31. The molecule has 0 aromatic rings. The summed E-state index contributed by atoms with van der Waals surface area (Å²) >= 11 is 0. The molecule has 1 aliphatic carbocycles. The minimum atomic E-state index is -0.733. The van der Waals surface area contributed by atoms with Gasteiger partial charge >= 0.3 is 0 Å². The summed E-state index contributed by atoms with van der Waals surface area (Å²) < 4.78 is 0. The first kappa shape index (κ1) is 13.1. The summed E-state index contributed by atoms with van der Waals surface area (Å²) in [5, 5.41) is 12.7. The Kier molecular flexibility index (Phi) is 4.35. The van der Waals surface area contributed by atoms with Crippen LogP contribution < -0.4 is 5.32 Å². The Balaban J connectivity index is 1.78. The number of rotatable bonds is 3. The van der Waals surface area contributed by atoms with Crippen molar-refractivity contribution in [3.8, 4) is 0 Å². The van der Waals surface area contributed by atoms with Gasteiger partial charge in [-0.3, -0.25) is 4.79 Å². The van der Waals surface area contributed by atoms with E-state index in [1.165, 1.54) is 0 Å². The predicted molar refractivity (Wildman–Crippen MR) is 63.3 cm³/mol. The van der Waals surface area contributed by atoms with E-state index in [0.717, 1.165) is 26.2 Å². The molecule has 0 radical (unpaired) electrons. The van der Waals surface area contributed by atoms with Crippen molar-refractivity contribution in [2.75, 3.05) is 26.2 Å². The van der Waals surface area contributed by atoms with E-state index in [-0.39, 0.29) is 17.9 Å². The van der Waals surface area contributed by atoms with Gasteiger partial charge in [-0.15, -0.1) is 10.1 Å². The fourth-order valence-electron chi connectivity index (χ4n) is 2.68. The van der Waals surface area contributed by atoms with Gasteiger partial charge in [0.05, 0.1) is 0 Å². The highest BCUT2D eigenvalue weighted by molar-refractivity contribution is 5.79. The lowest BCUT2D eigenvalue weighted by atomic mass is 9.86. The van der Waals surface area contributed by atoms with Crippen molar-refractivity contribution >= 4 is 5.91 Å². The third-order valence-electron chi connectivity index (χ3n) is 3.69. The summed E-state index contributed by atoms with van der Waals surface area (Å²) in [5.74, 6) is 0.228. The lowest BCUT2D eigenvalue weighted by molar-refractivity contribution is -0.769. The fraction of sp³-hybridized carbons (Fsp3) is 0.909. The molecule has 1 saturated carbocycles. The maximum absolute atomic E-state index is 12.2. The molecule has 0 bridgehead atoms. The summed E-state index contributed by atoms with van der Waals surface area (Å²) in [5.41, 5.74) is 0. The van der Waals surface area contributed by atoms with Crippen molar-refractivity contribution < 1.29 is 14.7 Å². The highest BCUT2D eigenvalue weighted by atomic mass is 17.0. The Labute approximate surface area is 106 Å². The molecule has 0 unspecified atom stereocenters. The average molecular weight is 257 g/mol. The van der Waals surface area contributed by atoms with Gasteiger partial charge in [-0.1, -0.05) is 0 Å². The maximum Gasteiger partial charge on any atom is 0.294 e. The number of nitrogens with zero attached hydrogens (tertiary/aromatic N) is 2. The number of hydrogen-bond donors (Lipinski definition) is 1. The van der Waals surface area contributed by atoms with Crippen LogP contribution in [-0.4, -0.2) is 48.2 Å². The van der Waals surface area contributed by atoms with Gasteiger partial charge in [0.1, 0.15) is 6.10 Å². The largest absolute Gasteiger partial charge is 0.340 e. The number of nitrogens with one attached hydrogen (secondary N) is 1. The normalized spacial score (nSPS) is 28.8. The Morgan fingerprint density at radius 3 is 2.39 bits per heavy atom. The Bertz CT molecular complexity index is 309. The van der Waals surface area contributed by atoms with Gasteiger partial charge < -0.3 is 15.1 Å². The van der Waals surface area contributed by atoms with Crippen molar-refractivity contribution in [1.82, 2.24) is 10.2 Å². The van der Waals surface area contributed by atoms with E-state index in [1.807, 2.05) is 4.90 Å². The number of carbonyl (C=O) groups excluding carboxylic acids is 1. The summed E-state index contributed by atoms with van der Waals surface area (Å²) in [7, 11) is 0.